The average molecular weight is 392 g/mol. The van der Waals surface area contributed by atoms with Gasteiger partial charge in [-0.1, -0.05) is 29.8 Å². The fourth-order valence-corrected chi connectivity index (χ4v) is 5.06. The average Bonchev–Trinajstić information content (AvgIpc) is 3.10. The molecule has 2 aliphatic rings. The minimum atomic E-state index is 0. The van der Waals surface area contributed by atoms with Crippen molar-refractivity contribution >= 4 is 34.8 Å². The summed E-state index contributed by atoms with van der Waals surface area (Å²) in [6.45, 7) is 4.14. The van der Waals surface area contributed by atoms with E-state index in [9.17, 15) is 4.79 Å². The van der Waals surface area contributed by atoms with Gasteiger partial charge in [-0.15, -0.1) is 23.7 Å². The molecule has 2 N–H and O–H groups in total. The number of halogens is 1. The van der Waals surface area contributed by atoms with Gasteiger partial charge in [0.15, 0.2) is 5.13 Å². The van der Waals surface area contributed by atoms with Gasteiger partial charge >= 0.3 is 0 Å². The van der Waals surface area contributed by atoms with Gasteiger partial charge < -0.3 is 10.6 Å². The maximum Gasteiger partial charge on any atom is 0.226 e. The smallest absolute Gasteiger partial charge is 0.226 e. The summed E-state index contributed by atoms with van der Waals surface area (Å²) >= 11 is 1.56. The van der Waals surface area contributed by atoms with Crippen LogP contribution < -0.4 is 10.6 Å². The fraction of sp³-hybridized carbons (Fsp3) is 0.500. The SMILES string of the molecule is Cc1ccc(-c2nc(NC(=O)CC3CC4CCC(C3)N4)sc2C)cc1.Cl. The summed E-state index contributed by atoms with van der Waals surface area (Å²) in [6, 6.07) is 9.63. The molecule has 0 radical (unpaired) electrons. The number of piperidine rings is 1. The molecule has 4 rings (SSSR count). The minimum absolute atomic E-state index is 0. The first-order chi connectivity index (χ1) is 12.1. The number of carbonyl (C=O) groups is 1. The highest BCUT2D eigenvalue weighted by Crippen LogP contribution is 2.34. The van der Waals surface area contributed by atoms with Crippen LogP contribution in [0.1, 0.15) is 42.5 Å². The number of fused-ring (bicyclic) bond motifs is 2. The first-order valence-corrected chi connectivity index (χ1v) is 9.99. The number of hydrogen-bond donors (Lipinski definition) is 2. The number of benzene rings is 1. The van der Waals surface area contributed by atoms with Crippen LogP contribution in [0, 0.1) is 19.8 Å². The Kier molecular flexibility index (Phi) is 6.00. The second kappa shape index (κ2) is 8.07. The van der Waals surface area contributed by atoms with Crippen LogP contribution in [0.25, 0.3) is 11.3 Å². The molecule has 2 aliphatic heterocycles. The second-order valence-corrected chi connectivity index (χ2v) is 8.72. The lowest BCUT2D eigenvalue weighted by Crippen LogP contribution is -2.39. The van der Waals surface area contributed by atoms with Crippen molar-refractivity contribution in [3.8, 4) is 11.3 Å². The molecule has 0 aliphatic carbocycles. The number of thiazole rings is 1. The Morgan fingerprint density at radius 1 is 1.19 bits per heavy atom. The molecule has 140 valence electrons. The molecule has 26 heavy (non-hydrogen) atoms. The lowest BCUT2D eigenvalue weighted by Gasteiger charge is -2.28. The Labute approximate surface area is 165 Å². The number of hydrogen-bond acceptors (Lipinski definition) is 4. The van der Waals surface area contributed by atoms with Crippen molar-refractivity contribution in [2.45, 2.75) is 58.0 Å². The van der Waals surface area contributed by atoms with E-state index in [2.05, 4.69) is 53.7 Å². The van der Waals surface area contributed by atoms with Crippen LogP contribution in [-0.4, -0.2) is 23.0 Å². The van der Waals surface area contributed by atoms with Crippen LogP contribution in [-0.2, 0) is 4.79 Å². The normalized spacial score (nSPS) is 24.2. The molecule has 3 heterocycles. The van der Waals surface area contributed by atoms with Crippen LogP contribution in [0.3, 0.4) is 0 Å². The van der Waals surface area contributed by atoms with Crippen molar-refractivity contribution in [2.75, 3.05) is 5.32 Å². The van der Waals surface area contributed by atoms with Crippen LogP contribution >= 0.6 is 23.7 Å². The summed E-state index contributed by atoms with van der Waals surface area (Å²) in [5.74, 6) is 0.617. The predicted molar refractivity (Wildman–Crippen MR) is 110 cm³/mol. The minimum Gasteiger partial charge on any atom is -0.311 e. The third kappa shape index (κ3) is 4.27. The lowest BCUT2D eigenvalue weighted by molar-refractivity contribution is -0.117. The summed E-state index contributed by atoms with van der Waals surface area (Å²) in [7, 11) is 0. The molecule has 1 aromatic heterocycles. The van der Waals surface area contributed by atoms with Crippen LogP contribution in [0.2, 0.25) is 0 Å². The van der Waals surface area contributed by atoms with Crippen molar-refractivity contribution in [1.82, 2.24) is 10.3 Å². The third-order valence-electron chi connectivity index (χ3n) is 5.41. The molecule has 6 heteroatoms. The zero-order chi connectivity index (χ0) is 17.4. The molecule has 1 aromatic carbocycles. The highest BCUT2D eigenvalue weighted by molar-refractivity contribution is 7.16. The number of nitrogens with zero attached hydrogens (tertiary/aromatic N) is 1. The number of nitrogens with one attached hydrogen (secondary N) is 2. The maximum absolute atomic E-state index is 12.5. The Hall–Kier alpha value is -1.43. The molecule has 2 bridgehead atoms. The fourth-order valence-electron chi connectivity index (χ4n) is 4.20. The molecule has 0 saturated carbocycles. The number of amides is 1. The zero-order valence-corrected chi connectivity index (χ0v) is 16.9. The first-order valence-electron chi connectivity index (χ1n) is 9.17. The van der Waals surface area contributed by atoms with Crippen molar-refractivity contribution in [3.05, 3.63) is 34.7 Å². The summed E-state index contributed by atoms with van der Waals surface area (Å²) in [5.41, 5.74) is 3.32. The van der Waals surface area contributed by atoms with E-state index < -0.39 is 0 Å². The van der Waals surface area contributed by atoms with Crippen molar-refractivity contribution < 1.29 is 4.79 Å². The van der Waals surface area contributed by atoms with Gasteiger partial charge in [0.1, 0.15) is 0 Å². The summed E-state index contributed by atoms with van der Waals surface area (Å²) in [5, 5.41) is 7.38. The van der Waals surface area contributed by atoms with Crippen LogP contribution in [0.15, 0.2) is 24.3 Å². The molecule has 2 aromatic rings. The summed E-state index contributed by atoms with van der Waals surface area (Å²) in [6.07, 6.45) is 5.43. The Morgan fingerprint density at radius 3 is 2.50 bits per heavy atom. The van der Waals surface area contributed by atoms with Gasteiger partial charge in [0.2, 0.25) is 5.91 Å². The standard InChI is InChI=1S/C20H25N3OS.ClH/c1-12-3-5-15(6-4-12)19-13(2)25-20(23-19)22-18(24)11-14-9-16-7-8-17(10-14)21-16;/h3-6,14,16-17,21H,7-11H2,1-2H3,(H,22,23,24);1H. The highest BCUT2D eigenvalue weighted by atomic mass is 35.5. The van der Waals surface area contributed by atoms with E-state index in [1.807, 2.05) is 0 Å². The quantitative estimate of drug-likeness (QED) is 0.793. The molecule has 4 nitrogen and oxygen atoms in total. The number of aryl methyl sites for hydroxylation is 2. The van der Waals surface area contributed by atoms with E-state index in [0.717, 1.165) is 34.1 Å². The van der Waals surface area contributed by atoms with E-state index >= 15 is 0 Å². The molecular weight excluding hydrogens is 366 g/mol. The summed E-state index contributed by atoms with van der Waals surface area (Å²) in [4.78, 5) is 18.2. The van der Waals surface area contributed by atoms with E-state index in [-0.39, 0.29) is 18.3 Å². The monoisotopic (exact) mass is 391 g/mol. The second-order valence-electron chi connectivity index (χ2n) is 7.52. The third-order valence-corrected chi connectivity index (χ3v) is 6.30. The van der Waals surface area contributed by atoms with Crippen LogP contribution in [0.5, 0.6) is 0 Å². The molecule has 2 fully saturated rings. The lowest BCUT2D eigenvalue weighted by atomic mass is 9.89. The van der Waals surface area contributed by atoms with E-state index in [4.69, 9.17) is 0 Å². The van der Waals surface area contributed by atoms with E-state index in [1.54, 1.807) is 11.3 Å². The first kappa shape index (κ1) is 19.3. The van der Waals surface area contributed by atoms with Gasteiger partial charge in [0, 0.05) is 28.9 Å². The van der Waals surface area contributed by atoms with Gasteiger partial charge in [0.05, 0.1) is 5.69 Å². The number of aromatic nitrogens is 1. The molecule has 2 atom stereocenters. The Balaban J connectivity index is 0.00000196. The summed E-state index contributed by atoms with van der Waals surface area (Å²) < 4.78 is 0. The molecule has 2 unspecified atom stereocenters. The van der Waals surface area contributed by atoms with Crippen molar-refractivity contribution in [1.29, 1.82) is 0 Å². The number of carbonyl (C=O) groups excluding carboxylic acids is 1. The topological polar surface area (TPSA) is 54.0 Å². The maximum atomic E-state index is 12.5. The van der Waals surface area contributed by atoms with Crippen molar-refractivity contribution in [2.24, 2.45) is 5.92 Å². The number of rotatable bonds is 4. The molecule has 2 saturated heterocycles. The molecule has 0 spiro atoms. The highest BCUT2D eigenvalue weighted by Gasteiger charge is 2.34. The van der Waals surface area contributed by atoms with Gasteiger partial charge in [-0.05, 0) is 45.4 Å². The van der Waals surface area contributed by atoms with Gasteiger partial charge in [0.25, 0.3) is 0 Å². The predicted octanol–water partition coefficient (Wildman–Crippen LogP) is 4.71. The van der Waals surface area contributed by atoms with Crippen molar-refractivity contribution in [3.63, 3.8) is 0 Å². The largest absolute Gasteiger partial charge is 0.311 e. The van der Waals surface area contributed by atoms with Gasteiger partial charge in [-0.3, -0.25) is 4.79 Å². The van der Waals surface area contributed by atoms with E-state index in [1.165, 1.54) is 18.4 Å². The zero-order valence-electron chi connectivity index (χ0n) is 15.2. The number of anilines is 1. The van der Waals surface area contributed by atoms with Gasteiger partial charge in [-0.2, -0.15) is 0 Å². The van der Waals surface area contributed by atoms with Crippen LogP contribution in [0.4, 0.5) is 5.13 Å². The van der Waals surface area contributed by atoms with E-state index in [0.29, 0.717) is 24.4 Å². The Morgan fingerprint density at radius 2 is 1.85 bits per heavy atom. The van der Waals surface area contributed by atoms with Gasteiger partial charge in [-0.25, -0.2) is 4.98 Å². The molecule has 1 amide bonds. The Bertz CT molecular complexity index is 762. The molecular formula is C20H26ClN3OS.